The summed E-state index contributed by atoms with van der Waals surface area (Å²) in [5, 5.41) is -0.963. The van der Waals surface area contributed by atoms with Crippen LogP contribution in [0.3, 0.4) is 0 Å². The molecule has 26 heavy (non-hydrogen) atoms. The van der Waals surface area contributed by atoms with Crippen molar-refractivity contribution in [2.24, 2.45) is 0 Å². The summed E-state index contributed by atoms with van der Waals surface area (Å²) in [7, 11) is -1.49. The smallest absolute Gasteiger partial charge is 0.318 e. The van der Waals surface area contributed by atoms with Gasteiger partial charge < -0.3 is 9.64 Å². The minimum absolute atomic E-state index is 0.0387. The number of esters is 1. The van der Waals surface area contributed by atoms with Gasteiger partial charge in [-0.15, -0.1) is 0 Å². The molecule has 1 heterocycles. The number of para-hydroxylation sites is 1. The van der Waals surface area contributed by atoms with Gasteiger partial charge in [-0.1, -0.05) is 12.1 Å². The number of amides is 1. The van der Waals surface area contributed by atoms with Gasteiger partial charge in [-0.05, 0) is 25.0 Å². The van der Waals surface area contributed by atoms with Crippen molar-refractivity contribution in [2.45, 2.75) is 23.5 Å². The summed E-state index contributed by atoms with van der Waals surface area (Å²) in [4.78, 5) is 25.5. The fraction of sp³-hybridized carbons (Fsp3) is 0.500. The van der Waals surface area contributed by atoms with Crippen LogP contribution in [0.15, 0.2) is 23.1 Å². The topological polar surface area (TPSA) is 101 Å². The van der Waals surface area contributed by atoms with Crippen LogP contribution >= 0.6 is 0 Å². The number of carbonyl (C=O) groups excluding carboxylic acids is 2. The normalized spacial score (nSPS) is 16.3. The number of anilines is 1. The van der Waals surface area contributed by atoms with Gasteiger partial charge in [0.25, 0.3) is 0 Å². The van der Waals surface area contributed by atoms with Gasteiger partial charge in [-0.3, -0.25) is 13.8 Å². The Labute approximate surface area is 155 Å². The maximum absolute atomic E-state index is 12.8. The molecule has 0 saturated heterocycles. The number of hydrogen-bond acceptors (Lipinski definition) is 6. The van der Waals surface area contributed by atoms with Gasteiger partial charge in [0.2, 0.25) is 15.9 Å². The highest BCUT2D eigenvalue weighted by Crippen LogP contribution is 2.36. The lowest BCUT2D eigenvalue weighted by Crippen LogP contribution is -2.41. The Balaban J connectivity index is 2.38. The molecule has 0 bridgehead atoms. The van der Waals surface area contributed by atoms with E-state index in [-0.39, 0.29) is 10.6 Å². The molecule has 0 aliphatic carbocycles. The molecule has 2 unspecified atom stereocenters. The zero-order chi connectivity index (χ0) is 19.6. The zero-order valence-electron chi connectivity index (χ0n) is 15.1. The maximum Gasteiger partial charge on any atom is 0.318 e. The number of methoxy groups -OCH3 is 1. The van der Waals surface area contributed by atoms with E-state index in [1.54, 1.807) is 12.1 Å². The van der Waals surface area contributed by atoms with E-state index in [0.29, 0.717) is 18.7 Å². The van der Waals surface area contributed by atoms with Crippen molar-refractivity contribution in [1.29, 1.82) is 0 Å². The lowest BCUT2D eigenvalue weighted by molar-refractivity contribution is -0.137. The van der Waals surface area contributed by atoms with E-state index >= 15 is 0 Å². The summed E-state index contributed by atoms with van der Waals surface area (Å²) >= 11 is 0. The monoisotopic (exact) mass is 402 g/mol. The quantitative estimate of drug-likeness (QED) is 0.627. The Morgan fingerprint density at radius 2 is 2.00 bits per heavy atom. The van der Waals surface area contributed by atoms with E-state index in [9.17, 15) is 22.2 Å². The Morgan fingerprint density at radius 1 is 1.35 bits per heavy atom. The molecule has 0 saturated carbocycles. The molecule has 0 radical (unpaired) electrons. The summed E-state index contributed by atoms with van der Waals surface area (Å²) in [6.45, 7) is 1.76. The Kier molecular flexibility index (Phi) is 6.20. The lowest BCUT2D eigenvalue weighted by atomic mass is 10.2. The first-order valence-electron chi connectivity index (χ1n) is 7.91. The molecule has 2 rings (SSSR count). The van der Waals surface area contributed by atoms with Crippen LogP contribution in [0.1, 0.15) is 12.5 Å². The van der Waals surface area contributed by atoms with Crippen molar-refractivity contribution in [2.75, 3.05) is 38.4 Å². The summed E-state index contributed by atoms with van der Waals surface area (Å²) in [6.07, 6.45) is 0.508. The maximum atomic E-state index is 12.8. The number of rotatable bonds is 6. The standard InChI is InChI=1S/C16H22N2O6S2/c1-11(25(21)10-14(19)24-4)16(20)18-9-8-12-6-5-7-13(15(12)18)26(22,23)17(2)3/h5-7,11H,8-10H2,1-4H3. The van der Waals surface area contributed by atoms with Crippen LogP contribution in [0.2, 0.25) is 0 Å². The SMILES string of the molecule is COC(=O)CS(=O)C(C)C(=O)N1CCc2cccc(S(=O)(=O)N(C)C)c21. The van der Waals surface area contributed by atoms with Crippen LogP contribution in [-0.4, -0.2) is 67.6 Å². The summed E-state index contributed by atoms with van der Waals surface area (Å²) < 4.78 is 43.0. The van der Waals surface area contributed by atoms with Crippen molar-refractivity contribution in [3.8, 4) is 0 Å². The molecule has 0 N–H and O–H groups in total. The lowest BCUT2D eigenvalue weighted by Gasteiger charge is -2.24. The highest BCUT2D eigenvalue weighted by atomic mass is 32.2. The minimum Gasteiger partial charge on any atom is -0.468 e. The van der Waals surface area contributed by atoms with Crippen LogP contribution in [-0.2, 0) is 41.6 Å². The van der Waals surface area contributed by atoms with Gasteiger partial charge in [0.15, 0.2) is 0 Å². The Bertz CT molecular complexity index is 850. The van der Waals surface area contributed by atoms with Gasteiger partial charge in [-0.25, -0.2) is 12.7 Å². The van der Waals surface area contributed by atoms with Crippen molar-refractivity contribution >= 4 is 38.4 Å². The van der Waals surface area contributed by atoms with Crippen LogP contribution in [0.4, 0.5) is 5.69 Å². The molecule has 0 spiro atoms. The third-order valence-corrected chi connectivity index (χ3v) is 7.57. The minimum atomic E-state index is -3.75. The first-order valence-corrected chi connectivity index (χ1v) is 10.7. The van der Waals surface area contributed by atoms with Crippen molar-refractivity contribution < 1.29 is 27.0 Å². The largest absolute Gasteiger partial charge is 0.468 e. The van der Waals surface area contributed by atoms with E-state index in [1.807, 2.05) is 0 Å². The second-order valence-corrected chi connectivity index (χ2v) is 9.91. The molecule has 1 aromatic carbocycles. The molecule has 1 amide bonds. The predicted molar refractivity (Wildman–Crippen MR) is 97.9 cm³/mol. The Morgan fingerprint density at radius 3 is 2.58 bits per heavy atom. The van der Waals surface area contributed by atoms with Gasteiger partial charge in [-0.2, -0.15) is 0 Å². The first-order chi connectivity index (χ1) is 12.1. The third-order valence-electron chi connectivity index (χ3n) is 4.21. The number of nitrogens with zero attached hydrogens (tertiary/aromatic N) is 2. The number of benzene rings is 1. The molecule has 0 fully saturated rings. The molecular formula is C16H22N2O6S2. The fourth-order valence-corrected chi connectivity index (χ4v) is 4.76. The highest BCUT2D eigenvalue weighted by Gasteiger charge is 2.36. The van der Waals surface area contributed by atoms with Crippen LogP contribution in [0.5, 0.6) is 0 Å². The van der Waals surface area contributed by atoms with Crippen LogP contribution in [0, 0.1) is 0 Å². The van der Waals surface area contributed by atoms with Crippen LogP contribution in [0.25, 0.3) is 0 Å². The second-order valence-electron chi connectivity index (χ2n) is 6.03. The van der Waals surface area contributed by atoms with Crippen molar-refractivity contribution in [1.82, 2.24) is 4.31 Å². The van der Waals surface area contributed by atoms with Gasteiger partial charge in [0.1, 0.15) is 15.9 Å². The Hall–Kier alpha value is -1.78. The fourth-order valence-electron chi connectivity index (χ4n) is 2.68. The molecule has 2 atom stereocenters. The number of hydrogen-bond donors (Lipinski definition) is 0. The van der Waals surface area contributed by atoms with E-state index in [2.05, 4.69) is 4.74 Å². The van der Waals surface area contributed by atoms with Gasteiger partial charge in [0.05, 0.1) is 12.8 Å². The average molecular weight is 402 g/mol. The van der Waals surface area contributed by atoms with Gasteiger partial charge in [0, 0.05) is 31.4 Å². The molecular weight excluding hydrogens is 380 g/mol. The van der Waals surface area contributed by atoms with Gasteiger partial charge >= 0.3 is 5.97 Å². The van der Waals surface area contributed by atoms with E-state index < -0.39 is 37.9 Å². The third kappa shape index (κ3) is 3.81. The summed E-state index contributed by atoms with van der Waals surface area (Å²) in [5.74, 6) is -1.53. The van der Waals surface area contributed by atoms with Crippen molar-refractivity contribution in [3.63, 3.8) is 0 Å². The van der Waals surface area contributed by atoms with E-state index in [0.717, 1.165) is 9.87 Å². The first kappa shape index (κ1) is 20.5. The molecule has 1 aromatic rings. The number of carbonyl (C=O) groups is 2. The van der Waals surface area contributed by atoms with E-state index in [4.69, 9.17) is 0 Å². The molecule has 10 heteroatoms. The highest BCUT2D eigenvalue weighted by molar-refractivity contribution is 7.89. The summed E-state index contributed by atoms with van der Waals surface area (Å²) in [6, 6.07) is 4.87. The van der Waals surface area contributed by atoms with E-state index in [1.165, 1.54) is 39.1 Å². The number of ether oxygens (including phenoxy) is 1. The van der Waals surface area contributed by atoms with Crippen LogP contribution < -0.4 is 4.90 Å². The molecule has 0 aromatic heterocycles. The summed E-state index contributed by atoms with van der Waals surface area (Å²) in [5.41, 5.74) is 1.07. The zero-order valence-corrected chi connectivity index (χ0v) is 16.7. The van der Waals surface area contributed by atoms with Crippen molar-refractivity contribution in [3.05, 3.63) is 23.8 Å². The average Bonchev–Trinajstić information content (AvgIpc) is 3.03. The second kappa shape index (κ2) is 7.85. The number of sulfonamides is 1. The predicted octanol–water partition coefficient (Wildman–Crippen LogP) is 0.136. The molecule has 1 aliphatic heterocycles. The molecule has 8 nitrogen and oxygen atoms in total. The molecule has 1 aliphatic rings. The molecule has 144 valence electrons. The number of fused-ring (bicyclic) bond motifs is 1.